The van der Waals surface area contributed by atoms with Crippen molar-refractivity contribution in [2.45, 2.75) is 25.7 Å². The molecule has 0 bridgehead atoms. The standard InChI is InChI=1S/C14H26N2O2/c1-15-9-6-12(10-15)13(14(17)18-2)11-16-7-4-3-5-8-16/h12-13H,3-11H2,1-2H3. The lowest BCUT2D eigenvalue weighted by atomic mass is 9.90. The summed E-state index contributed by atoms with van der Waals surface area (Å²) in [7, 11) is 3.65. The van der Waals surface area contributed by atoms with Crippen molar-refractivity contribution >= 4 is 5.97 Å². The molecule has 4 heteroatoms. The molecule has 0 aliphatic carbocycles. The maximum Gasteiger partial charge on any atom is 0.310 e. The van der Waals surface area contributed by atoms with Gasteiger partial charge in [-0.25, -0.2) is 0 Å². The van der Waals surface area contributed by atoms with E-state index in [1.807, 2.05) is 0 Å². The topological polar surface area (TPSA) is 32.8 Å². The second-order valence-electron chi connectivity index (χ2n) is 5.80. The number of piperidine rings is 1. The summed E-state index contributed by atoms with van der Waals surface area (Å²) in [4.78, 5) is 16.8. The molecule has 0 amide bonds. The van der Waals surface area contributed by atoms with E-state index in [0.717, 1.165) is 39.1 Å². The molecule has 0 radical (unpaired) electrons. The average molecular weight is 254 g/mol. The summed E-state index contributed by atoms with van der Waals surface area (Å²) in [6, 6.07) is 0. The fraction of sp³-hybridized carbons (Fsp3) is 0.929. The fourth-order valence-electron chi connectivity index (χ4n) is 3.29. The second-order valence-corrected chi connectivity index (χ2v) is 5.80. The maximum absolute atomic E-state index is 12.0. The minimum atomic E-state index is -0.0131. The smallest absolute Gasteiger partial charge is 0.310 e. The molecule has 4 nitrogen and oxygen atoms in total. The van der Waals surface area contributed by atoms with E-state index in [9.17, 15) is 4.79 Å². The monoisotopic (exact) mass is 254 g/mol. The molecule has 2 fully saturated rings. The Bertz CT molecular complexity index is 277. The van der Waals surface area contributed by atoms with E-state index in [-0.39, 0.29) is 11.9 Å². The summed E-state index contributed by atoms with van der Waals surface area (Å²) >= 11 is 0. The van der Waals surface area contributed by atoms with Crippen molar-refractivity contribution in [3.63, 3.8) is 0 Å². The van der Waals surface area contributed by atoms with Gasteiger partial charge in [0.15, 0.2) is 0 Å². The number of likely N-dealkylation sites (tertiary alicyclic amines) is 2. The number of carbonyl (C=O) groups excluding carboxylic acids is 1. The van der Waals surface area contributed by atoms with Crippen LogP contribution in [-0.4, -0.2) is 62.7 Å². The first kappa shape index (κ1) is 13.8. The molecule has 0 aromatic rings. The van der Waals surface area contributed by atoms with Gasteiger partial charge >= 0.3 is 5.97 Å². The summed E-state index contributed by atoms with van der Waals surface area (Å²) in [5, 5.41) is 0. The summed E-state index contributed by atoms with van der Waals surface area (Å²) < 4.78 is 5.02. The molecule has 0 aromatic heterocycles. The van der Waals surface area contributed by atoms with Gasteiger partial charge in [0.1, 0.15) is 0 Å². The van der Waals surface area contributed by atoms with Gasteiger partial charge in [0.25, 0.3) is 0 Å². The average Bonchev–Trinajstić information content (AvgIpc) is 2.83. The first-order valence-corrected chi connectivity index (χ1v) is 7.19. The number of hydrogen-bond donors (Lipinski definition) is 0. The molecule has 18 heavy (non-hydrogen) atoms. The Morgan fingerprint density at radius 3 is 2.56 bits per heavy atom. The summed E-state index contributed by atoms with van der Waals surface area (Å²) in [6.07, 6.45) is 5.02. The number of hydrogen-bond acceptors (Lipinski definition) is 4. The molecule has 0 spiro atoms. The normalized spacial score (nSPS) is 28.2. The lowest BCUT2D eigenvalue weighted by Crippen LogP contribution is -2.40. The lowest BCUT2D eigenvalue weighted by Gasteiger charge is -2.31. The fourth-order valence-corrected chi connectivity index (χ4v) is 3.29. The van der Waals surface area contributed by atoms with E-state index in [4.69, 9.17) is 4.74 Å². The first-order valence-electron chi connectivity index (χ1n) is 7.19. The Morgan fingerprint density at radius 1 is 1.28 bits per heavy atom. The SMILES string of the molecule is COC(=O)C(CN1CCCCC1)C1CCN(C)C1. The predicted octanol–water partition coefficient (Wildman–Crippen LogP) is 1.21. The Kier molecular flexibility index (Phi) is 5.01. The number of carbonyl (C=O) groups is 1. The van der Waals surface area contributed by atoms with E-state index < -0.39 is 0 Å². The Morgan fingerprint density at radius 2 is 2.00 bits per heavy atom. The Hall–Kier alpha value is -0.610. The number of ether oxygens (including phenoxy) is 1. The van der Waals surface area contributed by atoms with E-state index in [1.165, 1.54) is 26.4 Å². The van der Waals surface area contributed by atoms with Crippen LogP contribution in [0.3, 0.4) is 0 Å². The van der Waals surface area contributed by atoms with Crippen LogP contribution in [0.15, 0.2) is 0 Å². The van der Waals surface area contributed by atoms with Crippen molar-refractivity contribution in [2.75, 3.05) is 46.9 Å². The summed E-state index contributed by atoms with van der Waals surface area (Å²) in [5.41, 5.74) is 0. The van der Waals surface area contributed by atoms with Crippen LogP contribution in [0.4, 0.5) is 0 Å². The highest BCUT2D eigenvalue weighted by atomic mass is 16.5. The van der Waals surface area contributed by atoms with Gasteiger partial charge in [-0.1, -0.05) is 6.42 Å². The second kappa shape index (κ2) is 6.53. The van der Waals surface area contributed by atoms with E-state index in [1.54, 1.807) is 0 Å². The minimum absolute atomic E-state index is 0.0131. The molecule has 0 N–H and O–H groups in total. The van der Waals surface area contributed by atoms with Crippen LogP contribution in [0.25, 0.3) is 0 Å². The van der Waals surface area contributed by atoms with E-state index in [0.29, 0.717) is 5.92 Å². The highest BCUT2D eigenvalue weighted by molar-refractivity contribution is 5.73. The van der Waals surface area contributed by atoms with Gasteiger partial charge in [0, 0.05) is 13.1 Å². The number of rotatable bonds is 4. The molecule has 2 aliphatic rings. The maximum atomic E-state index is 12.0. The van der Waals surface area contributed by atoms with Gasteiger partial charge in [-0.05, 0) is 51.9 Å². The molecular formula is C14H26N2O2. The van der Waals surface area contributed by atoms with E-state index in [2.05, 4.69) is 16.8 Å². The zero-order chi connectivity index (χ0) is 13.0. The van der Waals surface area contributed by atoms with Crippen molar-refractivity contribution in [1.82, 2.24) is 9.80 Å². The summed E-state index contributed by atoms with van der Waals surface area (Å²) in [6.45, 7) is 5.34. The largest absolute Gasteiger partial charge is 0.469 e. The first-order chi connectivity index (χ1) is 8.70. The molecule has 2 unspecified atom stereocenters. The lowest BCUT2D eigenvalue weighted by molar-refractivity contribution is -0.148. The Balaban J connectivity index is 1.93. The van der Waals surface area contributed by atoms with Crippen molar-refractivity contribution in [2.24, 2.45) is 11.8 Å². The van der Waals surface area contributed by atoms with Crippen LogP contribution < -0.4 is 0 Å². The van der Waals surface area contributed by atoms with Gasteiger partial charge in [-0.2, -0.15) is 0 Å². The molecule has 2 aliphatic heterocycles. The number of esters is 1. The zero-order valence-corrected chi connectivity index (χ0v) is 11.7. The highest BCUT2D eigenvalue weighted by Gasteiger charge is 2.34. The Labute approximate surface area is 110 Å². The molecular weight excluding hydrogens is 228 g/mol. The molecule has 2 atom stereocenters. The number of nitrogens with zero attached hydrogens (tertiary/aromatic N) is 2. The van der Waals surface area contributed by atoms with Crippen LogP contribution in [0.1, 0.15) is 25.7 Å². The van der Waals surface area contributed by atoms with Gasteiger partial charge in [0.2, 0.25) is 0 Å². The van der Waals surface area contributed by atoms with Crippen LogP contribution in [0.2, 0.25) is 0 Å². The van der Waals surface area contributed by atoms with Gasteiger partial charge in [0.05, 0.1) is 13.0 Å². The molecule has 2 heterocycles. The van der Waals surface area contributed by atoms with Crippen LogP contribution in [0, 0.1) is 11.8 Å². The minimum Gasteiger partial charge on any atom is -0.469 e. The predicted molar refractivity (Wildman–Crippen MR) is 71.4 cm³/mol. The molecule has 2 rings (SSSR count). The molecule has 0 saturated carbocycles. The van der Waals surface area contributed by atoms with Crippen LogP contribution in [-0.2, 0) is 9.53 Å². The third-order valence-electron chi connectivity index (χ3n) is 4.40. The van der Waals surface area contributed by atoms with Crippen LogP contribution >= 0.6 is 0 Å². The van der Waals surface area contributed by atoms with Crippen molar-refractivity contribution in [3.8, 4) is 0 Å². The quantitative estimate of drug-likeness (QED) is 0.706. The van der Waals surface area contributed by atoms with Gasteiger partial charge < -0.3 is 14.5 Å². The van der Waals surface area contributed by atoms with E-state index >= 15 is 0 Å². The highest BCUT2D eigenvalue weighted by Crippen LogP contribution is 2.26. The third kappa shape index (κ3) is 3.45. The summed E-state index contributed by atoms with van der Waals surface area (Å²) in [5.74, 6) is 0.531. The van der Waals surface area contributed by atoms with Crippen LogP contribution in [0.5, 0.6) is 0 Å². The molecule has 2 saturated heterocycles. The molecule has 0 aromatic carbocycles. The molecule has 104 valence electrons. The zero-order valence-electron chi connectivity index (χ0n) is 11.7. The van der Waals surface area contributed by atoms with Crippen molar-refractivity contribution in [1.29, 1.82) is 0 Å². The van der Waals surface area contributed by atoms with Crippen molar-refractivity contribution in [3.05, 3.63) is 0 Å². The van der Waals surface area contributed by atoms with Gasteiger partial charge in [-0.3, -0.25) is 4.79 Å². The van der Waals surface area contributed by atoms with Gasteiger partial charge in [-0.15, -0.1) is 0 Å². The van der Waals surface area contributed by atoms with Crippen molar-refractivity contribution < 1.29 is 9.53 Å². The third-order valence-corrected chi connectivity index (χ3v) is 4.40. The number of methoxy groups -OCH3 is 1.